The zero-order chi connectivity index (χ0) is 16.4. The van der Waals surface area contributed by atoms with Crippen molar-refractivity contribution in [3.63, 3.8) is 0 Å². The Morgan fingerprint density at radius 2 is 2.22 bits per heavy atom. The summed E-state index contributed by atoms with van der Waals surface area (Å²) in [5.41, 5.74) is 6.87. The fourth-order valence-electron chi connectivity index (χ4n) is 2.90. The maximum atomic E-state index is 11.1. The largest absolute Gasteiger partial charge is 0.493 e. The number of hydrogen-bond acceptors (Lipinski definition) is 3. The Bertz CT molecular complexity index is 759. The minimum Gasteiger partial charge on any atom is -0.493 e. The number of H-pyrrole nitrogens is 1. The van der Waals surface area contributed by atoms with Gasteiger partial charge in [0.1, 0.15) is 5.75 Å². The highest BCUT2D eigenvalue weighted by molar-refractivity contribution is 6.06. The molecule has 1 aromatic carbocycles. The lowest BCUT2D eigenvalue weighted by molar-refractivity contribution is -0.118. The van der Waals surface area contributed by atoms with Crippen molar-refractivity contribution in [2.45, 2.75) is 40.0 Å². The second kappa shape index (κ2) is 6.44. The van der Waals surface area contributed by atoms with Gasteiger partial charge in [0.25, 0.3) is 0 Å². The second-order valence-corrected chi connectivity index (χ2v) is 6.47. The number of hydrazone groups is 1. The zero-order valence-corrected chi connectivity index (χ0v) is 13.9. The Balaban J connectivity index is 1.96. The van der Waals surface area contributed by atoms with Crippen molar-refractivity contribution >= 4 is 22.5 Å². The lowest BCUT2D eigenvalue weighted by Gasteiger charge is -2.14. The number of benzene rings is 1. The summed E-state index contributed by atoms with van der Waals surface area (Å²) in [6.45, 7) is 6.47. The van der Waals surface area contributed by atoms with Gasteiger partial charge in [-0.25, -0.2) is 5.43 Å². The van der Waals surface area contributed by atoms with Crippen molar-refractivity contribution in [1.29, 1.82) is 0 Å². The van der Waals surface area contributed by atoms with Crippen molar-refractivity contribution in [2.24, 2.45) is 11.0 Å². The molecule has 3 rings (SSSR count). The molecule has 23 heavy (non-hydrogen) atoms. The number of amides is 1. The van der Waals surface area contributed by atoms with Gasteiger partial charge >= 0.3 is 0 Å². The molecule has 1 heterocycles. The highest BCUT2D eigenvalue weighted by Crippen LogP contribution is 2.31. The summed E-state index contributed by atoms with van der Waals surface area (Å²) in [5.74, 6) is 1.26. The van der Waals surface area contributed by atoms with E-state index in [9.17, 15) is 4.79 Å². The number of aromatic nitrogens is 1. The monoisotopic (exact) mass is 313 g/mol. The maximum Gasteiger partial charge on any atom is 0.236 e. The van der Waals surface area contributed by atoms with Gasteiger partial charge in [0, 0.05) is 17.8 Å². The summed E-state index contributed by atoms with van der Waals surface area (Å²) in [6, 6.07) is 6.16. The Kier molecular flexibility index (Phi) is 4.37. The van der Waals surface area contributed by atoms with Crippen LogP contribution in [-0.4, -0.2) is 23.2 Å². The molecule has 0 radical (unpaired) electrons. The van der Waals surface area contributed by atoms with E-state index >= 15 is 0 Å². The van der Waals surface area contributed by atoms with E-state index < -0.39 is 0 Å². The molecular weight excluding hydrogens is 290 g/mol. The Hall–Kier alpha value is -2.30. The summed E-state index contributed by atoms with van der Waals surface area (Å²) in [6.07, 6.45) is 2.92. The van der Waals surface area contributed by atoms with Gasteiger partial charge in [-0.3, -0.25) is 4.79 Å². The first kappa shape index (κ1) is 15.6. The molecule has 1 amide bonds. The summed E-state index contributed by atoms with van der Waals surface area (Å²) < 4.78 is 5.84. The molecule has 2 N–H and O–H groups in total. The second-order valence-electron chi connectivity index (χ2n) is 6.47. The molecule has 1 aromatic heterocycles. The SMILES string of the molecule is CC(=O)N/N=C1/CCCc2c1[nH]c1ccc(OCC(C)C)cc21. The van der Waals surface area contributed by atoms with Crippen LogP contribution >= 0.6 is 0 Å². The standard InChI is InChI=1S/C18H23N3O2/c1-11(2)10-23-13-7-8-16-15(9-13)14-5-4-6-17(18(14)19-16)21-20-12(3)22/h7-9,11,19H,4-6,10H2,1-3H3,(H,20,22)/b21-17-. The van der Waals surface area contributed by atoms with Gasteiger partial charge in [0.2, 0.25) is 5.91 Å². The van der Waals surface area contributed by atoms with E-state index in [-0.39, 0.29) is 5.91 Å². The first-order valence-electron chi connectivity index (χ1n) is 8.15. The van der Waals surface area contributed by atoms with Gasteiger partial charge in [-0.15, -0.1) is 0 Å². The molecule has 0 atom stereocenters. The van der Waals surface area contributed by atoms with Crippen LogP contribution in [0.15, 0.2) is 23.3 Å². The Morgan fingerprint density at radius 1 is 1.39 bits per heavy atom. The lowest BCUT2D eigenvalue weighted by atomic mass is 9.94. The molecule has 0 unspecified atom stereocenters. The number of aryl methyl sites for hydroxylation is 1. The van der Waals surface area contributed by atoms with E-state index in [0.29, 0.717) is 12.5 Å². The van der Waals surface area contributed by atoms with E-state index in [0.717, 1.165) is 41.9 Å². The molecule has 0 spiro atoms. The fourth-order valence-corrected chi connectivity index (χ4v) is 2.90. The third-order valence-electron chi connectivity index (χ3n) is 3.94. The number of fused-ring (bicyclic) bond motifs is 3. The predicted octanol–water partition coefficient (Wildman–Crippen LogP) is 3.38. The van der Waals surface area contributed by atoms with Crippen LogP contribution in [0.5, 0.6) is 5.75 Å². The van der Waals surface area contributed by atoms with Crippen LogP contribution in [0, 0.1) is 5.92 Å². The summed E-state index contributed by atoms with van der Waals surface area (Å²) >= 11 is 0. The molecule has 0 saturated heterocycles. The number of rotatable bonds is 4. The van der Waals surface area contributed by atoms with Gasteiger partial charge in [-0.05, 0) is 48.9 Å². The molecule has 122 valence electrons. The van der Waals surface area contributed by atoms with Crippen LogP contribution in [0.4, 0.5) is 0 Å². The number of hydrogen-bond donors (Lipinski definition) is 2. The van der Waals surface area contributed by atoms with Crippen molar-refractivity contribution in [2.75, 3.05) is 6.61 Å². The topological polar surface area (TPSA) is 66.5 Å². The fraction of sp³-hybridized carbons (Fsp3) is 0.444. The Labute approximate surface area is 136 Å². The highest BCUT2D eigenvalue weighted by Gasteiger charge is 2.21. The van der Waals surface area contributed by atoms with Crippen molar-refractivity contribution < 1.29 is 9.53 Å². The van der Waals surface area contributed by atoms with E-state index in [4.69, 9.17) is 4.74 Å². The van der Waals surface area contributed by atoms with E-state index in [1.807, 2.05) is 6.07 Å². The lowest BCUT2D eigenvalue weighted by Crippen LogP contribution is -2.19. The highest BCUT2D eigenvalue weighted by atomic mass is 16.5. The number of carbonyl (C=O) groups excluding carboxylic acids is 1. The third-order valence-corrected chi connectivity index (χ3v) is 3.94. The average Bonchev–Trinajstić information content (AvgIpc) is 2.89. The summed E-state index contributed by atoms with van der Waals surface area (Å²) in [4.78, 5) is 14.5. The van der Waals surface area contributed by atoms with E-state index in [1.165, 1.54) is 17.9 Å². The van der Waals surface area contributed by atoms with Gasteiger partial charge < -0.3 is 9.72 Å². The molecule has 0 bridgehead atoms. The quantitative estimate of drug-likeness (QED) is 0.850. The van der Waals surface area contributed by atoms with Crippen LogP contribution in [0.1, 0.15) is 44.9 Å². The predicted molar refractivity (Wildman–Crippen MR) is 91.9 cm³/mol. The minimum absolute atomic E-state index is 0.148. The molecular formula is C18H23N3O2. The molecule has 1 aliphatic carbocycles. The Morgan fingerprint density at radius 3 is 2.96 bits per heavy atom. The van der Waals surface area contributed by atoms with Crippen molar-refractivity contribution in [3.05, 3.63) is 29.5 Å². The summed E-state index contributed by atoms with van der Waals surface area (Å²) in [7, 11) is 0. The van der Waals surface area contributed by atoms with Gasteiger partial charge in [-0.2, -0.15) is 5.10 Å². The van der Waals surface area contributed by atoms with E-state index in [2.05, 4.69) is 41.5 Å². The molecule has 5 nitrogen and oxygen atoms in total. The van der Waals surface area contributed by atoms with Gasteiger partial charge in [0.15, 0.2) is 0 Å². The van der Waals surface area contributed by atoms with Crippen molar-refractivity contribution in [1.82, 2.24) is 10.4 Å². The number of nitrogens with zero attached hydrogens (tertiary/aromatic N) is 1. The molecule has 2 aromatic rings. The summed E-state index contributed by atoms with van der Waals surface area (Å²) in [5, 5.41) is 5.45. The minimum atomic E-state index is -0.148. The van der Waals surface area contributed by atoms with Gasteiger partial charge in [-0.1, -0.05) is 13.8 Å². The van der Waals surface area contributed by atoms with Crippen LogP contribution in [0.25, 0.3) is 10.9 Å². The number of carbonyl (C=O) groups is 1. The van der Waals surface area contributed by atoms with Crippen LogP contribution in [-0.2, 0) is 11.2 Å². The van der Waals surface area contributed by atoms with E-state index in [1.54, 1.807) is 0 Å². The number of aromatic amines is 1. The smallest absolute Gasteiger partial charge is 0.236 e. The van der Waals surface area contributed by atoms with Crippen LogP contribution in [0.3, 0.4) is 0 Å². The van der Waals surface area contributed by atoms with Crippen molar-refractivity contribution in [3.8, 4) is 5.75 Å². The van der Waals surface area contributed by atoms with Crippen LogP contribution < -0.4 is 10.2 Å². The normalized spacial score (nSPS) is 15.9. The molecule has 1 aliphatic rings. The molecule has 0 fully saturated rings. The molecule has 5 heteroatoms. The third kappa shape index (κ3) is 3.38. The van der Waals surface area contributed by atoms with Crippen LogP contribution in [0.2, 0.25) is 0 Å². The van der Waals surface area contributed by atoms with Gasteiger partial charge in [0.05, 0.1) is 18.0 Å². The zero-order valence-electron chi connectivity index (χ0n) is 13.9. The molecule has 0 saturated carbocycles. The maximum absolute atomic E-state index is 11.1. The first-order chi connectivity index (χ1) is 11.0. The number of ether oxygens (including phenoxy) is 1. The molecule has 0 aliphatic heterocycles. The first-order valence-corrected chi connectivity index (χ1v) is 8.15. The average molecular weight is 313 g/mol. The number of nitrogens with one attached hydrogen (secondary N) is 2.